The summed E-state index contributed by atoms with van der Waals surface area (Å²) in [5.41, 5.74) is -0.216. The third-order valence-corrected chi connectivity index (χ3v) is 8.31. The van der Waals surface area contributed by atoms with Crippen molar-refractivity contribution < 1.29 is 13.4 Å². The first-order chi connectivity index (χ1) is 13.9. The van der Waals surface area contributed by atoms with Gasteiger partial charge in [0.1, 0.15) is 11.4 Å². The third kappa shape index (κ3) is 3.82. The standard InChI is InChI=1S/C21H25FN4O2S/c1-21(17-11-5-6-12-18(17)22)15-29(28)23-13-7-8-14-26(29)20(25-21)24-19(27)16-9-3-2-4-10-16/h2-6,9-12,29H,7-8,13-15H2,1H3,(H,23,28)(H,24,25,27)/t21-/m0/s1. The Balaban J connectivity index is 1.78. The van der Waals surface area contributed by atoms with Gasteiger partial charge in [-0.15, -0.1) is 0 Å². The molecule has 2 N–H and O–H groups in total. The number of hydrogen-bond acceptors (Lipinski definition) is 3. The van der Waals surface area contributed by atoms with Gasteiger partial charge in [0.05, 0.1) is 5.75 Å². The van der Waals surface area contributed by atoms with E-state index in [-0.39, 0.29) is 17.6 Å². The van der Waals surface area contributed by atoms with Crippen LogP contribution in [0.15, 0.2) is 59.6 Å². The van der Waals surface area contributed by atoms with E-state index in [2.05, 4.69) is 10.0 Å². The molecule has 4 rings (SSSR count). The Morgan fingerprint density at radius 1 is 1.17 bits per heavy atom. The van der Waals surface area contributed by atoms with Gasteiger partial charge in [0.15, 0.2) is 0 Å². The highest BCUT2D eigenvalue weighted by Crippen LogP contribution is 2.36. The molecule has 2 aromatic rings. The predicted molar refractivity (Wildman–Crippen MR) is 113 cm³/mol. The van der Waals surface area contributed by atoms with E-state index in [1.54, 1.807) is 53.7 Å². The average molecular weight is 417 g/mol. The van der Waals surface area contributed by atoms with Crippen LogP contribution in [0.4, 0.5) is 4.39 Å². The topological polar surface area (TPSA) is 73.8 Å². The average Bonchev–Trinajstić information content (AvgIpc) is 2.90. The van der Waals surface area contributed by atoms with Crippen molar-refractivity contribution in [2.24, 2.45) is 4.99 Å². The van der Waals surface area contributed by atoms with Crippen molar-refractivity contribution in [2.75, 3.05) is 18.8 Å². The molecule has 2 aliphatic rings. The zero-order valence-electron chi connectivity index (χ0n) is 16.3. The number of nitrogens with zero attached hydrogens (tertiary/aromatic N) is 2. The number of halogens is 1. The number of nitrogens with one attached hydrogen (secondary N) is 2. The molecule has 2 aromatic carbocycles. The second-order valence-electron chi connectivity index (χ2n) is 7.61. The maximum absolute atomic E-state index is 14.6. The Labute approximate surface area is 170 Å². The fourth-order valence-electron chi connectivity index (χ4n) is 3.93. The minimum absolute atomic E-state index is 0.158. The van der Waals surface area contributed by atoms with Crippen molar-refractivity contribution in [3.05, 3.63) is 71.5 Å². The minimum atomic E-state index is -3.10. The predicted octanol–water partition coefficient (Wildman–Crippen LogP) is 2.37. The number of amides is 1. The van der Waals surface area contributed by atoms with Crippen LogP contribution in [0.2, 0.25) is 0 Å². The summed E-state index contributed by atoms with van der Waals surface area (Å²) in [5, 5.41) is 2.83. The molecular weight excluding hydrogens is 391 g/mol. The van der Waals surface area contributed by atoms with E-state index in [1.165, 1.54) is 6.07 Å². The van der Waals surface area contributed by atoms with Gasteiger partial charge < -0.3 is 0 Å². The maximum Gasteiger partial charge on any atom is 0.257 e. The number of carbonyl (C=O) groups is 1. The van der Waals surface area contributed by atoms with Crippen molar-refractivity contribution >= 4 is 22.2 Å². The number of carbonyl (C=O) groups excluding carboxylic acids is 1. The van der Waals surface area contributed by atoms with E-state index in [0.29, 0.717) is 24.2 Å². The van der Waals surface area contributed by atoms with Crippen LogP contribution >= 0.6 is 0 Å². The molecule has 0 aromatic heterocycles. The Kier molecular flexibility index (Phi) is 5.23. The van der Waals surface area contributed by atoms with E-state index in [1.807, 2.05) is 6.07 Å². The first kappa shape index (κ1) is 19.7. The van der Waals surface area contributed by atoms with Gasteiger partial charge in [0.25, 0.3) is 5.91 Å². The van der Waals surface area contributed by atoms with Crippen molar-refractivity contribution in [1.29, 1.82) is 0 Å². The fraction of sp³-hybridized carbons (Fsp3) is 0.333. The highest BCUT2D eigenvalue weighted by molar-refractivity contribution is 7.99. The first-order valence-corrected chi connectivity index (χ1v) is 11.6. The molecule has 0 radical (unpaired) electrons. The molecule has 0 unspecified atom stereocenters. The van der Waals surface area contributed by atoms with E-state index < -0.39 is 21.7 Å². The molecule has 1 saturated heterocycles. The summed E-state index contributed by atoms with van der Waals surface area (Å²) in [5.74, 6) is -0.347. The van der Waals surface area contributed by atoms with Crippen LogP contribution in [-0.2, 0) is 15.8 Å². The quantitative estimate of drug-likeness (QED) is 0.658. The molecule has 1 atom stereocenters. The van der Waals surface area contributed by atoms with Gasteiger partial charge in [-0.05, 0) is 38.0 Å². The molecule has 1 fully saturated rings. The van der Waals surface area contributed by atoms with Crippen LogP contribution in [-0.4, -0.2) is 39.2 Å². The van der Waals surface area contributed by atoms with E-state index in [4.69, 9.17) is 4.99 Å². The molecule has 6 nitrogen and oxygen atoms in total. The Hall–Kier alpha value is -2.58. The van der Waals surface area contributed by atoms with Crippen LogP contribution in [0.25, 0.3) is 0 Å². The summed E-state index contributed by atoms with van der Waals surface area (Å²) in [6.45, 7) is 2.90. The molecule has 29 heavy (non-hydrogen) atoms. The minimum Gasteiger partial charge on any atom is -0.292 e. The van der Waals surface area contributed by atoms with Gasteiger partial charge in [0.2, 0.25) is 5.96 Å². The highest BCUT2D eigenvalue weighted by Gasteiger charge is 2.44. The SMILES string of the molecule is C[C@@]1(c2ccccc2F)C[SH]2(=O)NCCCCN2C(NC(=O)c2ccccc2)=N1. The van der Waals surface area contributed by atoms with Gasteiger partial charge in [0, 0.05) is 34.5 Å². The molecule has 1 amide bonds. The number of guanidine groups is 1. The number of rotatable bonds is 2. The smallest absolute Gasteiger partial charge is 0.257 e. The summed E-state index contributed by atoms with van der Waals surface area (Å²) in [4.78, 5) is 17.5. The van der Waals surface area contributed by atoms with Crippen molar-refractivity contribution in [1.82, 2.24) is 14.3 Å². The first-order valence-electron chi connectivity index (χ1n) is 9.75. The Morgan fingerprint density at radius 3 is 2.66 bits per heavy atom. The number of benzene rings is 2. The Morgan fingerprint density at radius 2 is 1.90 bits per heavy atom. The number of aliphatic imine (C=N–C) groups is 1. The summed E-state index contributed by atoms with van der Waals surface area (Å²) in [7, 11) is -3.10. The normalized spacial score (nSPS) is 24.6. The number of fused-ring (bicyclic) bond motifs is 1. The fourth-order valence-corrected chi connectivity index (χ4v) is 6.83. The molecule has 8 heteroatoms. The van der Waals surface area contributed by atoms with Crippen molar-refractivity contribution in [3.63, 3.8) is 0 Å². The van der Waals surface area contributed by atoms with E-state index >= 15 is 0 Å². The lowest BCUT2D eigenvalue weighted by molar-refractivity contribution is 0.0973. The molecule has 0 spiro atoms. The van der Waals surface area contributed by atoms with Gasteiger partial charge in [-0.1, -0.05) is 36.4 Å². The van der Waals surface area contributed by atoms with Crippen LogP contribution in [0.1, 0.15) is 35.7 Å². The summed E-state index contributed by atoms with van der Waals surface area (Å²) >= 11 is 0. The van der Waals surface area contributed by atoms with Gasteiger partial charge in [-0.2, -0.15) is 0 Å². The van der Waals surface area contributed by atoms with Gasteiger partial charge in [-0.25, -0.2) is 14.1 Å². The highest BCUT2D eigenvalue weighted by atomic mass is 32.3. The molecule has 2 heterocycles. The van der Waals surface area contributed by atoms with Crippen LogP contribution in [0, 0.1) is 5.82 Å². The third-order valence-electron chi connectivity index (χ3n) is 5.38. The Bertz CT molecular complexity index is 997. The van der Waals surface area contributed by atoms with Crippen LogP contribution in [0.5, 0.6) is 0 Å². The number of hydrogen-bond donors (Lipinski definition) is 3. The number of thiol groups is 1. The molecule has 0 bridgehead atoms. The molecule has 0 saturated carbocycles. The summed E-state index contributed by atoms with van der Waals surface area (Å²) < 4.78 is 33.4. The van der Waals surface area contributed by atoms with Crippen molar-refractivity contribution in [3.8, 4) is 0 Å². The molecule has 0 aliphatic carbocycles. The maximum atomic E-state index is 14.6. The largest absolute Gasteiger partial charge is 0.292 e. The molecule has 154 valence electrons. The zero-order chi connectivity index (χ0) is 20.5. The van der Waals surface area contributed by atoms with E-state index in [9.17, 15) is 13.4 Å². The lowest BCUT2D eigenvalue weighted by Gasteiger charge is -2.46. The van der Waals surface area contributed by atoms with Gasteiger partial charge in [-0.3, -0.25) is 18.6 Å². The summed E-state index contributed by atoms with van der Waals surface area (Å²) in [6, 6.07) is 15.2. The molecular formula is C21H25FN4O2S. The second kappa shape index (κ2) is 7.68. The summed E-state index contributed by atoms with van der Waals surface area (Å²) in [6.07, 6.45) is 1.70. The van der Waals surface area contributed by atoms with E-state index in [0.717, 1.165) is 12.8 Å². The zero-order valence-corrected chi connectivity index (χ0v) is 17.2. The second-order valence-corrected chi connectivity index (χ2v) is 10.1. The lowest BCUT2D eigenvalue weighted by atomic mass is 9.94. The monoisotopic (exact) mass is 416 g/mol. The lowest BCUT2D eigenvalue weighted by Crippen LogP contribution is -2.62. The van der Waals surface area contributed by atoms with Crippen molar-refractivity contribution in [2.45, 2.75) is 25.3 Å². The van der Waals surface area contributed by atoms with Crippen LogP contribution in [0.3, 0.4) is 0 Å². The van der Waals surface area contributed by atoms with Gasteiger partial charge >= 0.3 is 0 Å². The molecule has 2 aliphatic heterocycles. The van der Waals surface area contributed by atoms with Crippen LogP contribution < -0.4 is 10.0 Å².